The minimum Gasteiger partial charge on any atom is -0.384 e. The summed E-state index contributed by atoms with van der Waals surface area (Å²) < 4.78 is 0. The molecule has 2 aromatic rings. The van der Waals surface area contributed by atoms with Crippen LogP contribution >= 0.6 is 11.8 Å². The lowest BCUT2D eigenvalue weighted by molar-refractivity contribution is 0.220. The molecule has 0 spiro atoms. The number of aryl methyl sites for hydroxylation is 1. The van der Waals surface area contributed by atoms with E-state index in [1.807, 2.05) is 36.0 Å². The molecule has 2 rings (SSSR count). The summed E-state index contributed by atoms with van der Waals surface area (Å²) in [4.78, 5) is 1.25. The van der Waals surface area contributed by atoms with Gasteiger partial charge in [-0.3, -0.25) is 0 Å². The summed E-state index contributed by atoms with van der Waals surface area (Å²) >= 11 is 1.81. The lowest BCUT2D eigenvalue weighted by Crippen LogP contribution is -1.99. The standard InChI is InChI=1S/C17H20OS/c1-3-13-5-7-14(8-6-13)17(18)15-9-11-16(12-10-15)19-4-2/h5-12,17-18H,3-4H2,1-2H3. The number of benzene rings is 2. The molecule has 1 nitrogen and oxygen atoms in total. The van der Waals surface area contributed by atoms with Crippen LogP contribution < -0.4 is 0 Å². The van der Waals surface area contributed by atoms with Gasteiger partial charge in [-0.05, 0) is 41.0 Å². The van der Waals surface area contributed by atoms with Gasteiger partial charge in [0.25, 0.3) is 0 Å². The zero-order valence-electron chi connectivity index (χ0n) is 11.5. The molecule has 0 saturated heterocycles. The molecule has 0 heterocycles. The van der Waals surface area contributed by atoms with Crippen molar-refractivity contribution >= 4 is 11.8 Å². The van der Waals surface area contributed by atoms with Crippen LogP contribution in [0.3, 0.4) is 0 Å². The van der Waals surface area contributed by atoms with Gasteiger partial charge in [0.05, 0.1) is 0 Å². The lowest BCUT2D eigenvalue weighted by atomic mass is 10.00. The lowest BCUT2D eigenvalue weighted by Gasteiger charge is -2.12. The van der Waals surface area contributed by atoms with E-state index in [4.69, 9.17) is 0 Å². The Kier molecular flexibility index (Phi) is 5.06. The molecular formula is C17H20OS. The third kappa shape index (κ3) is 3.62. The molecule has 2 aromatic carbocycles. The van der Waals surface area contributed by atoms with Crippen LogP contribution in [0.1, 0.15) is 36.6 Å². The van der Waals surface area contributed by atoms with Gasteiger partial charge in [-0.2, -0.15) is 0 Å². The van der Waals surface area contributed by atoms with Gasteiger partial charge < -0.3 is 5.11 Å². The SMILES string of the molecule is CCSc1ccc(C(O)c2ccc(CC)cc2)cc1. The highest BCUT2D eigenvalue weighted by atomic mass is 32.2. The summed E-state index contributed by atoms with van der Waals surface area (Å²) in [5.41, 5.74) is 3.20. The van der Waals surface area contributed by atoms with Gasteiger partial charge in [-0.25, -0.2) is 0 Å². The predicted molar refractivity (Wildman–Crippen MR) is 82.7 cm³/mol. The molecule has 0 bridgehead atoms. The molecule has 1 atom stereocenters. The van der Waals surface area contributed by atoms with Crippen LogP contribution in [0.4, 0.5) is 0 Å². The maximum absolute atomic E-state index is 10.4. The summed E-state index contributed by atoms with van der Waals surface area (Å²) in [6.45, 7) is 4.28. The minimum absolute atomic E-state index is 0.536. The molecule has 0 radical (unpaired) electrons. The Morgan fingerprint density at radius 1 is 0.895 bits per heavy atom. The van der Waals surface area contributed by atoms with E-state index in [-0.39, 0.29) is 0 Å². The van der Waals surface area contributed by atoms with Crippen molar-refractivity contribution in [2.75, 3.05) is 5.75 Å². The van der Waals surface area contributed by atoms with E-state index in [9.17, 15) is 5.11 Å². The van der Waals surface area contributed by atoms with E-state index in [1.165, 1.54) is 10.5 Å². The van der Waals surface area contributed by atoms with Crippen molar-refractivity contribution in [1.29, 1.82) is 0 Å². The molecule has 0 aliphatic rings. The minimum atomic E-state index is -0.536. The largest absolute Gasteiger partial charge is 0.384 e. The smallest absolute Gasteiger partial charge is 0.104 e. The summed E-state index contributed by atoms with van der Waals surface area (Å²) in [5, 5.41) is 10.4. The Morgan fingerprint density at radius 3 is 1.89 bits per heavy atom. The maximum Gasteiger partial charge on any atom is 0.104 e. The van der Waals surface area contributed by atoms with Crippen molar-refractivity contribution in [3.63, 3.8) is 0 Å². The summed E-state index contributed by atoms with van der Waals surface area (Å²) in [6.07, 6.45) is 0.492. The summed E-state index contributed by atoms with van der Waals surface area (Å²) in [6, 6.07) is 16.4. The highest BCUT2D eigenvalue weighted by molar-refractivity contribution is 7.99. The van der Waals surface area contributed by atoms with Crippen molar-refractivity contribution in [3.05, 3.63) is 65.2 Å². The van der Waals surface area contributed by atoms with Gasteiger partial charge >= 0.3 is 0 Å². The average Bonchev–Trinajstić information content (AvgIpc) is 2.48. The first kappa shape index (κ1) is 14.2. The van der Waals surface area contributed by atoms with Crippen LogP contribution in [0.2, 0.25) is 0 Å². The first-order chi connectivity index (χ1) is 9.24. The van der Waals surface area contributed by atoms with Gasteiger partial charge in [0.2, 0.25) is 0 Å². The Bertz CT molecular complexity index is 502. The Balaban J connectivity index is 2.15. The van der Waals surface area contributed by atoms with E-state index in [1.54, 1.807) is 0 Å². The van der Waals surface area contributed by atoms with Crippen LogP contribution in [0.15, 0.2) is 53.4 Å². The molecule has 0 amide bonds. The van der Waals surface area contributed by atoms with E-state index in [2.05, 4.69) is 38.1 Å². The topological polar surface area (TPSA) is 20.2 Å². The quantitative estimate of drug-likeness (QED) is 0.812. The van der Waals surface area contributed by atoms with E-state index < -0.39 is 6.10 Å². The van der Waals surface area contributed by atoms with Crippen molar-refractivity contribution < 1.29 is 5.11 Å². The highest BCUT2D eigenvalue weighted by Crippen LogP contribution is 2.25. The molecule has 0 saturated carbocycles. The number of hydrogen-bond acceptors (Lipinski definition) is 2. The molecular weight excluding hydrogens is 252 g/mol. The van der Waals surface area contributed by atoms with Crippen molar-refractivity contribution in [2.45, 2.75) is 31.3 Å². The van der Waals surface area contributed by atoms with Gasteiger partial charge in [-0.1, -0.05) is 50.2 Å². The van der Waals surface area contributed by atoms with E-state index >= 15 is 0 Å². The first-order valence-corrected chi connectivity index (χ1v) is 7.72. The number of hydrogen-bond donors (Lipinski definition) is 1. The fourth-order valence-electron chi connectivity index (χ4n) is 2.04. The highest BCUT2D eigenvalue weighted by Gasteiger charge is 2.10. The van der Waals surface area contributed by atoms with Crippen LogP contribution in [0.25, 0.3) is 0 Å². The normalized spacial score (nSPS) is 12.4. The third-order valence-corrected chi connectivity index (χ3v) is 4.10. The number of rotatable bonds is 5. The summed E-state index contributed by atoms with van der Waals surface area (Å²) in [5.74, 6) is 1.07. The Morgan fingerprint density at radius 2 is 1.42 bits per heavy atom. The molecule has 0 aliphatic heterocycles. The molecule has 2 heteroatoms. The molecule has 1 N–H and O–H groups in total. The van der Waals surface area contributed by atoms with E-state index in [0.29, 0.717) is 0 Å². The van der Waals surface area contributed by atoms with Gasteiger partial charge in [-0.15, -0.1) is 11.8 Å². The van der Waals surface area contributed by atoms with Gasteiger partial charge in [0, 0.05) is 4.90 Å². The molecule has 100 valence electrons. The average molecular weight is 272 g/mol. The third-order valence-electron chi connectivity index (χ3n) is 3.21. The summed E-state index contributed by atoms with van der Waals surface area (Å²) in [7, 11) is 0. The molecule has 0 aromatic heterocycles. The van der Waals surface area contributed by atoms with Gasteiger partial charge in [0.15, 0.2) is 0 Å². The fourth-order valence-corrected chi connectivity index (χ4v) is 2.70. The fraction of sp³-hybridized carbons (Fsp3) is 0.294. The van der Waals surface area contributed by atoms with Crippen molar-refractivity contribution in [2.24, 2.45) is 0 Å². The van der Waals surface area contributed by atoms with Crippen LogP contribution in [-0.4, -0.2) is 10.9 Å². The number of aliphatic hydroxyl groups is 1. The first-order valence-electron chi connectivity index (χ1n) is 6.74. The zero-order chi connectivity index (χ0) is 13.7. The Hall–Kier alpha value is -1.25. The van der Waals surface area contributed by atoms with Crippen LogP contribution in [0, 0.1) is 0 Å². The molecule has 0 aliphatic carbocycles. The number of aliphatic hydroxyl groups excluding tert-OH is 1. The van der Waals surface area contributed by atoms with E-state index in [0.717, 1.165) is 23.3 Å². The van der Waals surface area contributed by atoms with Crippen LogP contribution in [-0.2, 0) is 6.42 Å². The maximum atomic E-state index is 10.4. The van der Waals surface area contributed by atoms with Crippen LogP contribution in [0.5, 0.6) is 0 Å². The van der Waals surface area contributed by atoms with Crippen molar-refractivity contribution in [3.8, 4) is 0 Å². The zero-order valence-corrected chi connectivity index (χ0v) is 12.3. The predicted octanol–water partition coefficient (Wildman–Crippen LogP) is 4.44. The second-order valence-electron chi connectivity index (χ2n) is 4.50. The second kappa shape index (κ2) is 6.78. The monoisotopic (exact) mass is 272 g/mol. The number of thioether (sulfide) groups is 1. The molecule has 19 heavy (non-hydrogen) atoms. The molecule has 0 fully saturated rings. The van der Waals surface area contributed by atoms with Gasteiger partial charge in [0.1, 0.15) is 6.10 Å². The Labute approximate surface area is 119 Å². The second-order valence-corrected chi connectivity index (χ2v) is 5.84. The van der Waals surface area contributed by atoms with Crippen molar-refractivity contribution in [1.82, 2.24) is 0 Å². The molecule has 1 unspecified atom stereocenters.